The summed E-state index contributed by atoms with van der Waals surface area (Å²) in [5.41, 5.74) is 0.984. The molecule has 0 aromatic carbocycles. The highest BCUT2D eigenvalue weighted by Crippen LogP contribution is 2.09. The molecule has 2 aromatic rings. The van der Waals surface area contributed by atoms with E-state index in [1.165, 1.54) is 0 Å². The van der Waals surface area contributed by atoms with Gasteiger partial charge in [-0.25, -0.2) is 0 Å². The molecule has 0 saturated heterocycles. The fraction of sp³-hybridized carbons (Fsp3) is 0.111. The Labute approximate surface area is 69.9 Å². The highest BCUT2D eigenvalue weighted by atomic mass is 16.5. The Kier molecular flexibility index (Phi) is 1.43. The first-order chi connectivity index (χ1) is 5.75. The second-order valence-electron chi connectivity index (χ2n) is 2.78. The zero-order chi connectivity index (χ0) is 8.55. The number of aryl methyl sites for hydroxylation is 1. The van der Waals surface area contributed by atoms with Crippen molar-refractivity contribution in [1.82, 2.24) is 4.98 Å². The van der Waals surface area contributed by atoms with Crippen LogP contribution in [-0.4, -0.2) is 10.2 Å². The van der Waals surface area contributed by atoms with Crippen molar-refractivity contribution in [2.45, 2.75) is 6.92 Å². The molecule has 60 valence electrons. The molecule has 0 atom stereocenters. The number of pyridine rings is 2. The van der Waals surface area contributed by atoms with E-state index in [4.69, 9.17) is 5.21 Å². The van der Waals surface area contributed by atoms with Crippen LogP contribution in [-0.2, 0) is 0 Å². The molecular weight excluding hydrogens is 152 g/mol. The number of fused-ring (bicyclic) bond motifs is 1. The van der Waals surface area contributed by atoms with E-state index in [-0.39, 0.29) is 0 Å². The largest absolute Gasteiger partial charge is 0.285 e. The Bertz CT molecular complexity index is 385. The monoisotopic (exact) mass is 161 g/mol. The van der Waals surface area contributed by atoms with Crippen LogP contribution < -0.4 is 4.73 Å². The minimum Gasteiger partial charge on any atom is -0.285 e. The van der Waals surface area contributed by atoms with Crippen molar-refractivity contribution in [1.29, 1.82) is 0 Å². The van der Waals surface area contributed by atoms with E-state index in [1.54, 1.807) is 18.6 Å². The lowest BCUT2D eigenvalue weighted by atomic mass is 10.2. The number of hydrogen-bond acceptors (Lipinski definition) is 2. The average Bonchev–Trinajstić information content (AvgIpc) is 2.05. The molecule has 2 heterocycles. The molecule has 0 fully saturated rings. The van der Waals surface area contributed by atoms with Gasteiger partial charge < -0.3 is 0 Å². The first-order valence-corrected chi connectivity index (χ1v) is 3.72. The minimum atomic E-state index is 0.936. The summed E-state index contributed by atoms with van der Waals surface area (Å²) in [5.74, 6) is 0. The number of rotatable bonds is 0. The van der Waals surface area contributed by atoms with Crippen LogP contribution in [0.5, 0.6) is 0 Å². The second-order valence-corrected chi connectivity index (χ2v) is 2.78. The van der Waals surface area contributed by atoms with E-state index in [9.17, 15) is 0 Å². The van der Waals surface area contributed by atoms with Crippen molar-refractivity contribution in [3.63, 3.8) is 0 Å². The zero-order valence-electron chi connectivity index (χ0n) is 6.73. The fourth-order valence-corrected chi connectivity index (χ4v) is 1.19. The predicted molar refractivity (Wildman–Crippen MR) is 43.9 cm³/mol. The summed E-state index contributed by atoms with van der Waals surface area (Å²) in [5, 5.41) is 11.1. The zero-order valence-corrected chi connectivity index (χ0v) is 6.73. The summed E-state index contributed by atoms with van der Waals surface area (Å²) in [6.45, 7) is 1.94. The molecule has 0 bridgehead atoms. The highest BCUT2D eigenvalue weighted by Gasteiger charge is 2.00. The van der Waals surface area contributed by atoms with Crippen LogP contribution in [0.25, 0.3) is 10.8 Å². The van der Waals surface area contributed by atoms with Crippen LogP contribution in [0.3, 0.4) is 0 Å². The van der Waals surface area contributed by atoms with Gasteiger partial charge in [0.05, 0.1) is 5.39 Å². The SMILES string of the molecule is Cc1cc2cc[n+](O)cc2cn1. The Hall–Kier alpha value is -1.64. The molecule has 12 heavy (non-hydrogen) atoms. The standard InChI is InChI=1S/C9H9N2O/c1-7-4-8-2-3-11(12)6-9(8)5-10-7/h2-6,12H,1H3/q+1. The highest BCUT2D eigenvalue weighted by molar-refractivity contribution is 5.79. The molecule has 2 aromatic heterocycles. The van der Waals surface area contributed by atoms with Gasteiger partial charge in [0.2, 0.25) is 12.4 Å². The van der Waals surface area contributed by atoms with Gasteiger partial charge in [0.25, 0.3) is 0 Å². The summed E-state index contributed by atoms with van der Waals surface area (Å²) in [6, 6.07) is 3.83. The Morgan fingerprint density at radius 1 is 1.42 bits per heavy atom. The van der Waals surface area contributed by atoms with Crippen LogP contribution in [0, 0.1) is 6.92 Å². The molecule has 3 nitrogen and oxygen atoms in total. The molecule has 0 aliphatic heterocycles. The molecule has 2 rings (SSSR count). The Morgan fingerprint density at radius 2 is 2.25 bits per heavy atom. The third-order valence-corrected chi connectivity index (χ3v) is 1.78. The van der Waals surface area contributed by atoms with E-state index < -0.39 is 0 Å². The smallest absolute Gasteiger partial charge is 0.231 e. The second kappa shape index (κ2) is 2.44. The molecule has 0 aliphatic carbocycles. The van der Waals surface area contributed by atoms with Crippen molar-refractivity contribution >= 4 is 10.8 Å². The number of hydrogen-bond donors (Lipinski definition) is 1. The van der Waals surface area contributed by atoms with Crippen LogP contribution >= 0.6 is 0 Å². The molecule has 3 heteroatoms. The van der Waals surface area contributed by atoms with Gasteiger partial charge in [0.15, 0.2) is 0 Å². The lowest BCUT2D eigenvalue weighted by molar-refractivity contribution is -0.903. The lowest BCUT2D eigenvalue weighted by Crippen LogP contribution is -2.27. The molecule has 0 unspecified atom stereocenters. The fourth-order valence-electron chi connectivity index (χ4n) is 1.19. The van der Waals surface area contributed by atoms with Gasteiger partial charge in [-0.15, -0.1) is 0 Å². The lowest BCUT2D eigenvalue weighted by Gasteiger charge is -1.94. The van der Waals surface area contributed by atoms with Crippen molar-refractivity contribution in [3.05, 3.63) is 36.4 Å². The van der Waals surface area contributed by atoms with E-state index in [0.29, 0.717) is 0 Å². The van der Waals surface area contributed by atoms with Crippen molar-refractivity contribution in [3.8, 4) is 0 Å². The normalized spacial score (nSPS) is 10.4. The van der Waals surface area contributed by atoms with E-state index in [1.807, 2.05) is 19.1 Å². The molecule has 0 saturated carbocycles. The third-order valence-electron chi connectivity index (χ3n) is 1.78. The average molecular weight is 161 g/mol. The van der Waals surface area contributed by atoms with Gasteiger partial charge in [-0.2, -0.15) is 0 Å². The maximum atomic E-state index is 9.09. The van der Waals surface area contributed by atoms with Crippen LogP contribution in [0.1, 0.15) is 5.69 Å². The number of nitrogens with zero attached hydrogens (tertiary/aromatic N) is 2. The predicted octanol–water partition coefficient (Wildman–Crippen LogP) is 1.07. The third kappa shape index (κ3) is 1.09. The van der Waals surface area contributed by atoms with Crippen molar-refractivity contribution < 1.29 is 9.94 Å². The summed E-state index contributed by atoms with van der Waals surface area (Å²) < 4.78 is 1.03. The van der Waals surface area contributed by atoms with Gasteiger partial charge in [-0.1, -0.05) is 0 Å². The van der Waals surface area contributed by atoms with Gasteiger partial charge >= 0.3 is 0 Å². The maximum Gasteiger partial charge on any atom is 0.231 e. The molecule has 0 spiro atoms. The van der Waals surface area contributed by atoms with Crippen LogP contribution in [0.4, 0.5) is 0 Å². The summed E-state index contributed by atoms with van der Waals surface area (Å²) in [6.07, 6.45) is 4.97. The quantitative estimate of drug-likeness (QED) is 0.463. The molecule has 0 radical (unpaired) electrons. The van der Waals surface area contributed by atoms with Crippen molar-refractivity contribution in [2.24, 2.45) is 0 Å². The van der Waals surface area contributed by atoms with Gasteiger partial charge in [0, 0.05) is 22.7 Å². The summed E-state index contributed by atoms with van der Waals surface area (Å²) >= 11 is 0. The molecule has 1 N–H and O–H groups in total. The topological polar surface area (TPSA) is 37.0 Å². The van der Waals surface area contributed by atoms with E-state index in [0.717, 1.165) is 21.2 Å². The first kappa shape index (κ1) is 7.03. The van der Waals surface area contributed by atoms with Gasteiger partial charge in [-0.3, -0.25) is 10.2 Å². The Balaban J connectivity index is 2.79. The van der Waals surface area contributed by atoms with E-state index >= 15 is 0 Å². The van der Waals surface area contributed by atoms with E-state index in [2.05, 4.69) is 4.98 Å². The molecule has 0 aliphatic rings. The van der Waals surface area contributed by atoms with Crippen LogP contribution in [0.15, 0.2) is 30.7 Å². The molecular formula is C9H9N2O+. The summed E-state index contributed by atoms with van der Waals surface area (Å²) in [4.78, 5) is 4.12. The Morgan fingerprint density at radius 3 is 3.08 bits per heavy atom. The van der Waals surface area contributed by atoms with Crippen LogP contribution in [0.2, 0.25) is 0 Å². The minimum absolute atomic E-state index is 0.936. The van der Waals surface area contributed by atoms with Gasteiger partial charge in [0.1, 0.15) is 0 Å². The number of aromatic nitrogens is 2. The summed E-state index contributed by atoms with van der Waals surface area (Å²) in [7, 11) is 0. The van der Waals surface area contributed by atoms with Crippen molar-refractivity contribution in [2.75, 3.05) is 0 Å². The maximum absolute atomic E-state index is 9.09. The van der Waals surface area contributed by atoms with Gasteiger partial charge in [-0.05, 0) is 18.4 Å². The first-order valence-electron chi connectivity index (χ1n) is 3.72. The molecule has 0 amide bonds.